The Morgan fingerprint density at radius 3 is 2.45 bits per heavy atom. The van der Waals surface area contributed by atoms with Crippen molar-refractivity contribution in [1.82, 2.24) is 9.55 Å². The van der Waals surface area contributed by atoms with E-state index in [1.165, 1.54) is 4.57 Å². The fourth-order valence-electron chi connectivity index (χ4n) is 2.15. The average molecular weight is 277 g/mol. The van der Waals surface area contributed by atoms with Crippen LogP contribution < -0.4 is 5.73 Å². The van der Waals surface area contributed by atoms with Gasteiger partial charge >= 0.3 is 0 Å². The lowest BCUT2D eigenvalue weighted by molar-refractivity contribution is 0.493. The predicted octanol–water partition coefficient (Wildman–Crippen LogP) is 3.33. The van der Waals surface area contributed by atoms with Crippen LogP contribution in [-0.2, 0) is 0 Å². The van der Waals surface area contributed by atoms with Crippen molar-refractivity contribution in [2.45, 2.75) is 6.92 Å². The quantitative estimate of drug-likeness (QED) is 0.693. The highest BCUT2D eigenvalue weighted by Gasteiger charge is 2.16. The van der Waals surface area contributed by atoms with Gasteiger partial charge in [0.1, 0.15) is 5.82 Å². The second-order valence-electron chi connectivity index (χ2n) is 4.52. The molecule has 3 nitrogen and oxygen atoms in total. The molecule has 0 spiro atoms. The first-order valence-corrected chi connectivity index (χ1v) is 5.87. The van der Waals surface area contributed by atoms with Crippen molar-refractivity contribution in [3.63, 3.8) is 0 Å². The van der Waals surface area contributed by atoms with Crippen molar-refractivity contribution >= 4 is 17.0 Å². The van der Waals surface area contributed by atoms with Gasteiger partial charge in [-0.3, -0.25) is 4.57 Å². The molecule has 0 bridgehead atoms. The molecule has 0 saturated carbocycles. The third-order valence-corrected chi connectivity index (χ3v) is 3.07. The summed E-state index contributed by atoms with van der Waals surface area (Å²) in [5, 5.41) is 0. The Morgan fingerprint density at radius 1 is 1.00 bits per heavy atom. The topological polar surface area (TPSA) is 43.8 Å². The summed E-state index contributed by atoms with van der Waals surface area (Å²) in [5.74, 6) is -3.29. The number of imidazole rings is 1. The molecule has 1 heterocycles. The van der Waals surface area contributed by atoms with E-state index in [9.17, 15) is 13.2 Å². The van der Waals surface area contributed by atoms with E-state index in [-0.39, 0.29) is 11.6 Å². The molecular weight excluding hydrogens is 267 g/mol. The van der Waals surface area contributed by atoms with Gasteiger partial charge in [-0.2, -0.15) is 0 Å². The van der Waals surface area contributed by atoms with Gasteiger partial charge in [0.25, 0.3) is 0 Å². The van der Waals surface area contributed by atoms with E-state index in [0.29, 0.717) is 17.1 Å². The highest BCUT2D eigenvalue weighted by atomic mass is 19.2. The van der Waals surface area contributed by atoms with Crippen molar-refractivity contribution < 1.29 is 13.2 Å². The van der Waals surface area contributed by atoms with E-state index in [1.807, 2.05) is 6.92 Å². The summed E-state index contributed by atoms with van der Waals surface area (Å²) in [5.41, 5.74) is 7.64. The molecule has 0 radical (unpaired) electrons. The second kappa shape index (κ2) is 4.26. The molecule has 2 aromatic carbocycles. The Labute approximate surface area is 112 Å². The highest BCUT2D eigenvalue weighted by Crippen LogP contribution is 2.26. The summed E-state index contributed by atoms with van der Waals surface area (Å²) in [6, 6.07) is 6.54. The third kappa shape index (κ3) is 1.80. The first-order valence-electron chi connectivity index (χ1n) is 5.87. The average Bonchev–Trinajstić information content (AvgIpc) is 2.69. The lowest BCUT2D eigenvalue weighted by Gasteiger charge is -2.08. The lowest BCUT2D eigenvalue weighted by atomic mass is 10.2. The van der Waals surface area contributed by atoms with Crippen LogP contribution in [0.3, 0.4) is 0 Å². The maximum atomic E-state index is 13.9. The number of anilines is 1. The first kappa shape index (κ1) is 12.5. The number of hydrogen-bond acceptors (Lipinski definition) is 2. The van der Waals surface area contributed by atoms with E-state index in [4.69, 9.17) is 5.73 Å². The largest absolute Gasteiger partial charge is 0.369 e. The normalized spacial score (nSPS) is 11.2. The number of hydrogen-bond donors (Lipinski definition) is 1. The van der Waals surface area contributed by atoms with Crippen LogP contribution in [0.5, 0.6) is 0 Å². The molecule has 3 rings (SSSR count). The van der Waals surface area contributed by atoms with Crippen LogP contribution in [0.1, 0.15) is 5.56 Å². The molecule has 2 N–H and O–H groups in total. The van der Waals surface area contributed by atoms with Gasteiger partial charge in [-0.1, -0.05) is 6.07 Å². The number of benzene rings is 2. The van der Waals surface area contributed by atoms with Crippen molar-refractivity contribution in [3.8, 4) is 5.69 Å². The molecule has 0 amide bonds. The Hall–Kier alpha value is -2.50. The minimum atomic E-state index is -1.25. The van der Waals surface area contributed by atoms with Gasteiger partial charge in [0, 0.05) is 12.1 Å². The Bertz CT molecular complexity index is 824. The molecule has 0 unspecified atom stereocenters. The SMILES string of the molecule is Cc1ccc2c(c1)nc(N)n2-c1cc(F)c(F)cc1F. The smallest absolute Gasteiger partial charge is 0.206 e. The number of nitrogens with zero attached hydrogens (tertiary/aromatic N) is 2. The first-order chi connectivity index (χ1) is 9.47. The minimum absolute atomic E-state index is 0.00973. The third-order valence-electron chi connectivity index (χ3n) is 3.07. The summed E-state index contributed by atoms with van der Waals surface area (Å²) < 4.78 is 41.5. The van der Waals surface area contributed by atoms with E-state index in [2.05, 4.69) is 4.98 Å². The van der Waals surface area contributed by atoms with Gasteiger partial charge in [0.15, 0.2) is 11.6 Å². The fraction of sp³-hybridized carbons (Fsp3) is 0.0714. The van der Waals surface area contributed by atoms with Crippen LogP contribution in [0.4, 0.5) is 19.1 Å². The maximum absolute atomic E-state index is 13.9. The van der Waals surface area contributed by atoms with Crippen molar-refractivity contribution in [1.29, 1.82) is 0 Å². The molecule has 6 heteroatoms. The molecule has 102 valence electrons. The van der Waals surface area contributed by atoms with Gasteiger partial charge in [-0.15, -0.1) is 0 Å². The summed E-state index contributed by atoms with van der Waals surface area (Å²) in [6.45, 7) is 1.88. The number of fused-ring (bicyclic) bond motifs is 1. The standard InChI is InChI=1S/C14H10F3N3/c1-7-2-3-12-11(4-7)19-14(18)20(12)13-6-9(16)8(15)5-10(13)17/h2-6H,1H3,(H2,18,19). The number of rotatable bonds is 1. The number of nitrogens with two attached hydrogens (primary N) is 1. The van der Waals surface area contributed by atoms with Gasteiger partial charge in [0.05, 0.1) is 16.7 Å². The van der Waals surface area contributed by atoms with E-state index in [0.717, 1.165) is 11.6 Å². The number of nitrogen functional groups attached to an aromatic ring is 1. The van der Waals surface area contributed by atoms with Crippen LogP contribution in [0.25, 0.3) is 16.7 Å². The zero-order valence-electron chi connectivity index (χ0n) is 10.5. The Balaban J connectivity index is 2.35. The van der Waals surface area contributed by atoms with Crippen LogP contribution >= 0.6 is 0 Å². The fourth-order valence-corrected chi connectivity index (χ4v) is 2.15. The lowest BCUT2D eigenvalue weighted by Crippen LogP contribution is -2.04. The van der Waals surface area contributed by atoms with E-state index >= 15 is 0 Å². The van der Waals surface area contributed by atoms with Crippen molar-refractivity contribution in [2.75, 3.05) is 5.73 Å². The zero-order chi connectivity index (χ0) is 14.4. The molecule has 0 saturated heterocycles. The minimum Gasteiger partial charge on any atom is -0.369 e. The van der Waals surface area contributed by atoms with Gasteiger partial charge in [-0.05, 0) is 24.6 Å². The van der Waals surface area contributed by atoms with Crippen molar-refractivity contribution in [3.05, 3.63) is 53.3 Å². The summed E-state index contributed by atoms with van der Waals surface area (Å²) in [4.78, 5) is 4.10. The van der Waals surface area contributed by atoms with E-state index < -0.39 is 17.5 Å². The molecule has 20 heavy (non-hydrogen) atoms. The van der Waals surface area contributed by atoms with Crippen molar-refractivity contribution in [2.24, 2.45) is 0 Å². The van der Waals surface area contributed by atoms with E-state index in [1.54, 1.807) is 18.2 Å². The monoisotopic (exact) mass is 277 g/mol. The van der Waals surface area contributed by atoms with Gasteiger partial charge in [0.2, 0.25) is 5.95 Å². The summed E-state index contributed by atoms with van der Waals surface area (Å²) in [7, 11) is 0. The Morgan fingerprint density at radius 2 is 1.70 bits per heavy atom. The molecule has 0 aliphatic rings. The van der Waals surface area contributed by atoms with Crippen LogP contribution in [0.15, 0.2) is 30.3 Å². The summed E-state index contributed by atoms with van der Waals surface area (Å²) in [6.07, 6.45) is 0. The molecule has 0 atom stereocenters. The van der Waals surface area contributed by atoms with Crippen LogP contribution in [0.2, 0.25) is 0 Å². The zero-order valence-corrected chi connectivity index (χ0v) is 10.5. The maximum Gasteiger partial charge on any atom is 0.206 e. The van der Waals surface area contributed by atoms with Gasteiger partial charge < -0.3 is 5.73 Å². The summed E-state index contributed by atoms with van der Waals surface area (Å²) >= 11 is 0. The molecule has 0 fully saturated rings. The second-order valence-corrected chi connectivity index (χ2v) is 4.52. The van der Waals surface area contributed by atoms with Gasteiger partial charge in [-0.25, -0.2) is 18.2 Å². The molecule has 0 aliphatic carbocycles. The molecule has 0 aliphatic heterocycles. The number of halogens is 3. The molecule has 3 aromatic rings. The number of aromatic nitrogens is 2. The highest BCUT2D eigenvalue weighted by molar-refractivity contribution is 5.81. The predicted molar refractivity (Wildman–Crippen MR) is 70.1 cm³/mol. The molecular formula is C14H10F3N3. The van der Waals surface area contributed by atoms with Crippen LogP contribution in [0, 0.1) is 24.4 Å². The number of aryl methyl sites for hydroxylation is 1. The molecule has 1 aromatic heterocycles. The van der Waals surface area contributed by atoms with Crippen LogP contribution in [-0.4, -0.2) is 9.55 Å². The Kier molecular flexibility index (Phi) is 2.67.